The summed E-state index contributed by atoms with van der Waals surface area (Å²) in [6.07, 6.45) is 0. The molecular weight excluding hydrogens is 326 g/mol. The quantitative estimate of drug-likeness (QED) is 0.607. The van der Waals surface area contributed by atoms with Gasteiger partial charge in [0.05, 0.1) is 27.3 Å². The molecule has 0 saturated carbocycles. The standard InChI is InChI=1S/C16H14N3O2SSi/c1-11-3-5-13(6-4-11)22(20,21)19-9-14(12(2)7-17)15(10-19)16(23)8-18/h3-6H,9-10H2,1-2H3/b14-12-,16-15-. The topological polar surface area (TPSA) is 85.0 Å². The van der Waals surface area contributed by atoms with Crippen LogP contribution in [0.5, 0.6) is 0 Å². The Bertz CT molecular complexity index is 847. The van der Waals surface area contributed by atoms with Crippen LogP contribution in [0.4, 0.5) is 0 Å². The van der Waals surface area contributed by atoms with Gasteiger partial charge < -0.3 is 0 Å². The van der Waals surface area contributed by atoms with Gasteiger partial charge in [-0.05, 0) is 37.1 Å². The zero-order valence-electron chi connectivity index (χ0n) is 12.8. The fraction of sp³-hybridized carbons (Fsp3) is 0.250. The zero-order valence-corrected chi connectivity index (χ0v) is 14.6. The molecule has 1 saturated heterocycles. The molecule has 0 bridgehead atoms. The Morgan fingerprint density at radius 2 is 1.70 bits per heavy atom. The molecular formula is C16H14N3O2SSi. The Morgan fingerprint density at radius 1 is 1.13 bits per heavy atom. The van der Waals surface area contributed by atoms with Gasteiger partial charge in [0.25, 0.3) is 0 Å². The van der Waals surface area contributed by atoms with Gasteiger partial charge in [0.1, 0.15) is 0 Å². The number of allylic oxidation sites excluding steroid dienone is 2. The number of benzene rings is 1. The largest absolute Gasteiger partial charge is 0.243 e. The van der Waals surface area contributed by atoms with Crippen LogP contribution in [0, 0.1) is 29.6 Å². The van der Waals surface area contributed by atoms with Crippen molar-refractivity contribution in [1.29, 1.82) is 10.5 Å². The van der Waals surface area contributed by atoms with Crippen molar-refractivity contribution < 1.29 is 8.42 Å². The van der Waals surface area contributed by atoms with E-state index in [0.29, 0.717) is 16.7 Å². The van der Waals surface area contributed by atoms with Crippen LogP contribution < -0.4 is 0 Å². The minimum atomic E-state index is -3.68. The maximum atomic E-state index is 12.8. The molecule has 2 rings (SSSR count). The zero-order chi connectivity index (χ0) is 17.2. The van der Waals surface area contributed by atoms with Gasteiger partial charge in [-0.2, -0.15) is 14.8 Å². The number of nitriles is 2. The van der Waals surface area contributed by atoms with Crippen LogP contribution in [0.25, 0.3) is 0 Å². The van der Waals surface area contributed by atoms with Gasteiger partial charge in [-0.25, -0.2) is 8.42 Å². The predicted molar refractivity (Wildman–Crippen MR) is 86.6 cm³/mol. The van der Waals surface area contributed by atoms with Crippen molar-refractivity contribution in [2.45, 2.75) is 18.7 Å². The van der Waals surface area contributed by atoms with Crippen molar-refractivity contribution >= 4 is 20.3 Å². The Balaban J connectivity index is 2.50. The number of aryl methyl sites for hydroxylation is 1. The average molecular weight is 340 g/mol. The van der Waals surface area contributed by atoms with E-state index in [9.17, 15) is 8.42 Å². The van der Waals surface area contributed by atoms with Gasteiger partial charge in [-0.1, -0.05) is 17.7 Å². The summed E-state index contributed by atoms with van der Waals surface area (Å²) in [5.41, 5.74) is 2.50. The Morgan fingerprint density at radius 3 is 2.22 bits per heavy atom. The normalized spacial score (nSPS) is 19.9. The highest BCUT2D eigenvalue weighted by Gasteiger charge is 2.34. The predicted octanol–water partition coefficient (Wildman–Crippen LogP) is 1.79. The molecule has 3 radical (unpaired) electrons. The van der Waals surface area contributed by atoms with E-state index in [1.54, 1.807) is 31.2 Å². The van der Waals surface area contributed by atoms with Crippen LogP contribution in [0.3, 0.4) is 0 Å². The van der Waals surface area contributed by atoms with Crippen LogP contribution in [-0.4, -0.2) is 36.1 Å². The lowest BCUT2D eigenvalue weighted by molar-refractivity contribution is 0.489. The molecule has 0 unspecified atom stereocenters. The maximum Gasteiger partial charge on any atom is 0.243 e. The second-order valence-corrected chi connectivity index (χ2v) is 7.70. The number of hydrogen-bond donors (Lipinski definition) is 0. The van der Waals surface area contributed by atoms with E-state index in [1.165, 1.54) is 4.31 Å². The molecule has 1 heterocycles. The van der Waals surface area contributed by atoms with Gasteiger partial charge >= 0.3 is 0 Å². The molecule has 0 N–H and O–H groups in total. The smallest absolute Gasteiger partial charge is 0.207 e. The molecule has 0 spiro atoms. The van der Waals surface area contributed by atoms with E-state index in [1.807, 2.05) is 19.1 Å². The molecule has 0 aromatic heterocycles. The molecule has 0 aliphatic carbocycles. The van der Waals surface area contributed by atoms with Crippen molar-refractivity contribution in [2.75, 3.05) is 13.1 Å². The van der Waals surface area contributed by atoms with Gasteiger partial charge in [-0.3, -0.25) is 0 Å². The summed E-state index contributed by atoms with van der Waals surface area (Å²) < 4.78 is 26.8. The highest BCUT2D eigenvalue weighted by Crippen LogP contribution is 2.31. The molecule has 1 fully saturated rings. The SMILES string of the molecule is C/C(C#N)=C1\CN(S(=O)(=O)c2ccc(C)cc2)C\C1=C(\[Si])C#N. The summed E-state index contributed by atoms with van der Waals surface area (Å²) in [5.74, 6) is 0. The molecule has 5 nitrogen and oxygen atoms in total. The van der Waals surface area contributed by atoms with Crippen molar-refractivity contribution in [3.63, 3.8) is 0 Å². The summed E-state index contributed by atoms with van der Waals surface area (Å²) in [4.78, 5) is 0.200. The molecule has 23 heavy (non-hydrogen) atoms. The molecule has 0 atom stereocenters. The molecule has 1 aromatic rings. The van der Waals surface area contributed by atoms with Crippen molar-refractivity contribution in [3.05, 3.63) is 51.7 Å². The molecule has 1 aliphatic rings. The van der Waals surface area contributed by atoms with E-state index in [2.05, 4.69) is 10.2 Å². The third-order valence-electron chi connectivity index (χ3n) is 3.73. The van der Waals surface area contributed by atoms with E-state index in [0.717, 1.165) is 5.56 Å². The molecule has 1 aliphatic heterocycles. The monoisotopic (exact) mass is 340 g/mol. The lowest BCUT2D eigenvalue weighted by atomic mass is 10.0. The molecule has 1 aromatic carbocycles. The second kappa shape index (κ2) is 6.51. The highest BCUT2D eigenvalue weighted by molar-refractivity contribution is 7.89. The van der Waals surface area contributed by atoms with E-state index in [4.69, 9.17) is 10.5 Å². The van der Waals surface area contributed by atoms with Crippen molar-refractivity contribution in [2.24, 2.45) is 0 Å². The van der Waals surface area contributed by atoms with Crippen LogP contribution in [0.15, 0.2) is 51.1 Å². The minimum Gasteiger partial charge on any atom is -0.207 e. The van der Waals surface area contributed by atoms with Crippen LogP contribution in [0.1, 0.15) is 12.5 Å². The molecule has 115 valence electrons. The lowest BCUT2D eigenvalue weighted by Gasteiger charge is -2.15. The maximum absolute atomic E-state index is 12.8. The number of hydrogen-bond acceptors (Lipinski definition) is 4. The minimum absolute atomic E-state index is 0.0664. The first-order chi connectivity index (χ1) is 10.8. The molecule has 7 heteroatoms. The Hall–Kier alpha value is -2.19. The van der Waals surface area contributed by atoms with Gasteiger partial charge in [-0.15, -0.1) is 0 Å². The van der Waals surface area contributed by atoms with Crippen LogP contribution >= 0.6 is 0 Å². The summed E-state index contributed by atoms with van der Waals surface area (Å²) in [7, 11) is -0.469. The summed E-state index contributed by atoms with van der Waals surface area (Å²) >= 11 is 0. The third kappa shape index (κ3) is 3.27. The van der Waals surface area contributed by atoms with Gasteiger partial charge in [0, 0.05) is 23.9 Å². The van der Waals surface area contributed by atoms with E-state index in [-0.39, 0.29) is 23.2 Å². The fourth-order valence-electron chi connectivity index (χ4n) is 2.34. The average Bonchev–Trinajstić information content (AvgIpc) is 2.99. The second-order valence-electron chi connectivity index (χ2n) is 5.27. The summed E-state index contributed by atoms with van der Waals surface area (Å²) in [6, 6.07) is 10.6. The Kier molecular flexibility index (Phi) is 4.86. The number of rotatable bonds is 2. The fourth-order valence-corrected chi connectivity index (χ4v) is 3.94. The lowest BCUT2D eigenvalue weighted by Crippen LogP contribution is -2.28. The molecule has 0 amide bonds. The first-order valence-electron chi connectivity index (χ1n) is 6.83. The summed E-state index contributed by atoms with van der Waals surface area (Å²) in [5, 5.41) is 18.4. The first-order valence-corrected chi connectivity index (χ1v) is 8.77. The van der Waals surface area contributed by atoms with Gasteiger partial charge in [0.2, 0.25) is 10.0 Å². The first kappa shape index (κ1) is 17.2. The van der Waals surface area contributed by atoms with Gasteiger partial charge in [0.15, 0.2) is 0 Å². The van der Waals surface area contributed by atoms with Crippen molar-refractivity contribution in [3.8, 4) is 12.1 Å². The summed E-state index contributed by atoms with van der Waals surface area (Å²) in [6.45, 7) is 3.65. The van der Waals surface area contributed by atoms with Crippen LogP contribution in [-0.2, 0) is 10.0 Å². The van der Waals surface area contributed by atoms with Crippen LogP contribution in [0.2, 0.25) is 0 Å². The van der Waals surface area contributed by atoms with E-state index >= 15 is 0 Å². The van der Waals surface area contributed by atoms with Crippen molar-refractivity contribution in [1.82, 2.24) is 4.31 Å². The third-order valence-corrected chi connectivity index (χ3v) is 5.95. The highest BCUT2D eigenvalue weighted by atomic mass is 32.2. The Labute approximate surface area is 139 Å². The number of nitrogens with zero attached hydrogens (tertiary/aromatic N) is 3. The number of sulfonamides is 1. The van der Waals surface area contributed by atoms with E-state index < -0.39 is 10.0 Å².